The van der Waals surface area contributed by atoms with E-state index >= 15 is 0 Å². The highest BCUT2D eigenvalue weighted by molar-refractivity contribution is 5.83. The summed E-state index contributed by atoms with van der Waals surface area (Å²) in [6, 6.07) is 18.0. The standard InChI is InChI=1S/C12H14N2O.C9H11NO/c1-9(15)13-7-6-10-8-14-12-5-3-2-4-11(10)12;1-8(11)10-7-9-5-3-2-4-6-9/h2-5,8,14H,6-7H2,1H3,(H,13,15);2-6H,7H2,1H3,(H,10,11). The molecule has 0 atom stereocenters. The first-order chi connectivity index (χ1) is 12.6. The van der Waals surface area contributed by atoms with E-state index in [9.17, 15) is 9.59 Å². The van der Waals surface area contributed by atoms with Crippen LogP contribution in [0.3, 0.4) is 0 Å². The summed E-state index contributed by atoms with van der Waals surface area (Å²) in [5.74, 6) is 0.0312. The van der Waals surface area contributed by atoms with Crippen LogP contribution in [0.5, 0.6) is 0 Å². The molecule has 0 saturated heterocycles. The third-order valence-corrected chi connectivity index (χ3v) is 3.83. The summed E-state index contributed by atoms with van der Waals surface area (Å²) in [6.07, 6.45) is 2.87. The average Bonchev–Trinajstić information content (AvgIpc) is 3.04. The van der Waals surface area contributed by atoms with E-state index in [2.05, 4.69) is 27.8 Å². The summed E-state index contributed by atoms with van der Waals surface area (Å²) in [6.45, 7) is 4.37. The molecule has 1 heterocycles. The Hall–Kier alpha value is -3.08. The Bertz CT molecular complexity index is 841. The Kier molecular flexibility index (Phi) is 7.43. The lowest BCUT2D eigenvalue weighted by Crippen LogP contribution is -2.22. The van der Waals surface area contributed by atoms with Gasteiger partial charge in [-0.25, -0.2) is 0 Å². The van der Waals surface area contributed by atoms with Gasteiger partial charge in [-0.2, -0.15) is 0 Å². The number of para-hydroxylation sites is 1. The van der Waals surface area contributed by atoms with Gasteiger partial charge in [-0.3, -0.25) is 9.59 Å². The van der Waals surface area contributed by atoms with E-state index in [1.54, 1.807) is 0 Å². The molecule has 2 amide bonds. The van der Waals surface area contributed by atoms with E-state index in [0.29, 0.717) is 13.1 Å². The lowest BCUT2D eigenvalue weighted by molar-refractivity contribution is -0.119. The van der Waals surface area contributed by atoms with E-state index in [1.165, 1.54) is 24.8 Å². The van der Waals surface area contributed by atoms with Crippen LogP contribution in [-0.4, -0.2) is 23.3 Å². The van der Waals surface area contributed by atoms with Gasteiger partial charge in [0, 0.05) is 44.0 Å². The summed E-state index contributed by atoms with van der Waals surface area (Å²) in [5, 5.41) is 6.76. The molecule has 26 heavy (non-hydrogen) atoms. The quantitative estimate of drug-likeness (QED) is 0.660. The second-order valence-electron chi connectivity index (χ2n) is 5.99. The molecule has 0 bridgehead atoms. The zero-order chi connectivity index (χ0) is 18.8. The van der Waals surface area contributed by atoms with Crippen LogP contribution in [0.1, 0.15) is 25.0 Å². The lowest BCUT2D eigenvalue weighted by atomic mass is 10.1. The van der Waals surface area contributed by atoms with Crippen LogP contribution in [0.25, 0.3) is 10.9 Å². The fraction of sp³-hybridized carbons (Fsp3) is 0.238. The number of hydrogen-bond acceptors (Lipinski definition) is 2. The van der Waals surface area contributed by atoms with Gasteiger partial charge in [0.15, 0.2) is 0 Å². The molecule has 0 radical (unpaired) electrons. The number of hydrogen-bond donors (Lipinski definition) is 3. The minimum Gasteiger partial charge on any atom is -0.361 e. The molecule has 2 aromatic carbocycles. The highest BCUT2D eigenvalue weighted by atomic mass is 16.1. The average molecular weight is 351 g/mol. The predicted molar refractivity (Wildman–Crippen MR) is 105 cm³/mol. The molecule has 0 aliphatic heterocycles. The van der Waals surface area contributed by atoms with Gasteiger partial charge >= 0.3 is 0 Å². The minimum atomic E-state index is 0.00820. The van der Waals surface area contributed by atoms with Crippen molar-refractivity contribution in [2.45, 2.75) is 26.8 Å². The van der Waals surface area contributed by atoms with Crippen LogP contribution < -0.4 is 10.6 Å². The number of benzene rings is 2. The number of aromatic amines is 1. The number of aromatic nitrogens is 1. The normalized spacial score (nSPS) is 9.92. The van der Waals surface area contributed by atoms with E-state index in [1.807, 2.05) is 48.7 Å². The van der Waals surface area contributed by atoms with Crippen molar-refractivity contribution in [2.75, 3.05) is 6.54 Å². The summed E-state index contributed by atoms with van der Waals surface area (Å²) in [5.41, 5.74) is 3.53. The van der Waals surface area contributed by atoms with Crippen LogP contribution in [0.2, 0.25) is 0 Å². The third-order valence-electron chi connectivity index (χ3n) is 3.83. The maximum Gasteiger partial charge on any atom is 0.217 e. The van der Waals surface area contributed by atoms with Gasteiger partial charge in [0.25, 0.3) is 0 Å². The van der Waals surface area contributed by atoms with Gasteiger partial charge in [0.2, 0.25) is 11.8 Å². The molecule has 3 N–H and O–H groups in total. The van der Waals surface area contributed by atoms with E-state index < -0.39 is 0 Å². The van der Waals surface area contributed by atoms with Crippen molar-refractivity contribution in [1.29, 1.82) is 0 Å². The highest BCUT2D eigenvalue weighted by Gasteiger charge is 2.02. The molecule has 5 nitrogen and oxygen atoms in total. The Labute approximate surface area is 153 Å². The van der Waals surface area contributed by atoms with Crippen molar-refractivity contribution in [1.82, 2.24) is 15.6 Å². The zero-order valence-corrected chi connectivity index (χ0v) is 15.2. The van der Waals surface area contributed by atoms with Gasteiger partial charge in [0.1, 0.15) is 0 Å². The molecule has 0 aliphatic rings. The number of fused-ring (bicyclic) bond motifs is 1. The highest BCUT2D eigenvalue weighted by Crippen LogP contribution is 2.17. The van der Waals surface area contributed by atoms with Gasteiger partial charge in [0.05, 0.1) is 0 Å². The number of amides is 2. The van der Waals surface area contributed by atoms with Crippen LogP contribution >= 0.6 is 0 Å². The van der Waals surface area contributed by atoms with Crippen molar-refractivity contribution in [3.05, 3.63) is 71.9 Å². The maximum absolute atomic E-state index is 10.7. The van der Waals surface area contributed by atoms with Crippen LogP contribution in [-0.2, 0) is 22.6 Å². The number of rotatable bonds is 5. The van der Waals surface area contributed by atoms with Gasteiger partial charge in [-0.05, 0) is 23.6 Å². The second-order valence-corrected chi connectivity index (χ2v) is 5.99. The molecular formula is C21H25N3O2. The first-order valence-corrected chi connectivity index (χ1v) is 8.64. The van der Waals surface area contributed by atoms with Crippen LogP contribution in [0, 0.1) is 0 Å². The zero-order valence-electron chi connectivity index (χ0n) is 15.2. The molecule has 0 saturated carbocycles. The van der Waals surface area contributed by atoms with Crippen molar-refractivity contribution >= 4 is 22.7 Å². The van der Waals surface area contributed by atoms with Crippen molar-refractivity contribution in [3.63, 3.8) is 0 Å². The summed E-state index contributed by atoms with van der Waals surface area (Å²) < 4.78 is 0. The SMILES string of the molecule is CC(=O)NCCc1c[nH]c2ccccc12.CC(=O)NCc1ccccc1. The number of H-pyrrole nitrogens is 1. The Balaban J connectivity index is 0.000000197. The van der Waals surface area contributed by atoms with E-state index in [0.717, 1.165) is 17.5 Å². The Morgan fingerprint density at radius 3 is 2.23 bits per heavy atom. The molecular weight excluding hydrogens is 326 g/mol. The summed E-state index contributed by atoms with van der Waals surface area (Å²) in [7, 11) is 0. The number of carbonyl (C=O) groups excluding carboxylic acids is 2. The largest absolute Gasteiger partial charge is 0.361 e. The Morgan fingerprint density at radius 2 is 1.54 bits per heavy atom. The van der Waals surface area contributed by atoms with Gasteiger partial charge in [-0.15, -0.1) is 0 Å². The van der Waals surface area contributed by atoms with Crippen molar-refractivity contribution in [2.24, 2.45) is 0 Å². The number of carbonyl (C=O) groups is 2. The van der Waals surface area contributed by atoms with Crippen molar-refractivity contribution < 1.29 is 9.59 Å². The summed E-state index contributed by atoms with van der Waals surface area (Å²) >= 11 is 0. The molecule has 0 spiro atoms. The lowest BCUT2D eigenvalue weighted by Gasteiger charge is -2.00. The summed E-state index contributed by atoms with van der Waals surface area (Å²) in [4.78, 5) is 24.4. The van der Waals surface area contributed by atoms with Gasteiger partial charge in [-0.1, -0.05) is 48.5 Å². The molecule has 0 unspecified atom stereocenters. The maximum atomic E-state index is 10.7. The molecule has 5 heteroatoms. The molecule has 136 valence electrons. The van der Waals surface area contributed by atoms with Crippen molar-refractivity contribution in [3.8, 4) is 0 Å². The molecule has 1 aromatic heterocycles. The topological polar surface area (TPSA) is 74.0 Å². The monoisotopic (exact) mass is 351 g/mol. The van der Waals surface area contributed by atoms with Gasteiger partial charge < -0.3 is 15.6 Å². The minimum absolute atomic E-state index is 0.00820. The molecule has 0 fully saturated rings. The number of nitrogens with one attached hydrogen (secondary N) is 3. The Morgan fingerprint density at radius 1 is 0.885 bits per heavy atom. The first kappa shape index (κ1) is 19.2. The molecule has 3 rings (SSSR count). The fourth-order valence-corrected chi connectivity index (χ4v) is 2.53. The first-order valence-electron chi connectivity index (χ1n) is 8.64. The third kappa shape index (κ3) is 6.43. The fourth-order valence-electron chi connectivity index (χ4n) is 2.53. The molecule has 3 aromatic rings. The smallest absolute Gasteiger partial charge is 0.217 e. The van der Waals surface area contributed by atoms with E-state index in [-0.39, 0.29) is 11.8 Å². The van der Waals surface area contributed by atoms with Crippen LogP contribution in [0.4, 0.5) is 0 Å². The molecule has 0 aliphatic carbocycles. The predicted octanol–water partition coefficient (Wildman–Crippen LogP) is 3.17. The van der Waals surface area contributed by atoms with Crippen LogP contribution in [0.15, 0.2) is 60.8 Å². The second kappa shape index (κ2) is 10.0. The van der Waals surface area contributed by atoms with E-state index in [4.69, 9.17) is 0 Å².